The number of aryl methyl sites for hydroxylation is 1. The van der Waals surface area contributed by atoms with Crippen molar-refractivity contribution in [3.8, 4) is 5.69 Å². The highest BCUT2D eigenvalue weighted by Gasteiger charge is 2.31. The fourth-order valence-electron chi connectivity index (χ4n) is 4.47. The molecule has 0 aliphatic heterocycles. The second-order valence-electron chi connectivity index (χ2n) is 9.70. The van der Waals surface area contributed by atoms with E-state index in [9.17, 15) is 18.0 Å². The number of anilines is 1. The third kappa shape index (κ3) is 6.19. The van der Waals surface area contributed by atoms with Crippen LogP contribution in [0, 0.1) is 19.4 Å². The van der Waals surface area contributed by atoms with Gasteiger partial charge >= 0.3 is 6.18 Å². The minimum atomic E-state index is -4.44. The first-order chi connectivity index (χ1) is 18.7. The Labute approximate surface area is 224 Å². The van der Waals surface area contributed by atoms with Crippen LogP contribution >= 0.6 is 0 Å². The van der Waals surface area contributed by atoms with Gasteiger partial charge in [-0.1, -0.05) is 36.4 Å². The third-order valence-corrected chi connectivity index (χ3v) is 6.60. The molecule has 0 spiro atoms. The molecule has 1 atom stereocenters. The summed E-state index contributed by atoms with van der Waals surface area (Å²) < 4.78 is 41.8. The topological polar surface area (TPSA) is 63.3 Å². The molecule has 1 amide bonds. The Kier molecular flexibility index (Phi) is 7.22. The summed E-state index contributed by atoms with van der Waals surface area (Å²) in [4.78, 5) is 16.8. The average Bonchev–Trinajstić information content (AvgIpc) is 3.67. The van der Waals surface area contributed by atoms with E-state index in [1.807, 2.05) is 6.07 Å². The number of hydrogen-bond acceptors (Lipinski definition) is 3. The summed E-state index contributed by atoms with van der Waals surface area (Å²) in [6.07, 6.45) is -2.24. The molecule has 0 radical (unpaired) electrons. The van der Waals surface area contributed by atoms with E-state index < -0.39 is 23.7 Å². The Morgan fingerprint density at radius 1 is 1.05 bits per heavy atom. The van der Waals surface area contributed by atoms with Crippen molar-refractivity contribution < 1.29 is 18.0 Å². The number of halogens is 3. The summed E-state index contributed by atoms with van der Waals surface area (Å²) in [5.74, 6) is 0.119. The summed E-state index contributed by atoms with van der Waals surface area (Å²) in [5.41, 5.74) is 2.99. The lowest BCUT2D eigenvalue weighted by Gasteiger charge is -2.22. The quantitative estimate of drug-likeness (QED) is 0.240. The van der Waals surface area contributed by atoms with Crippen LogP contribution in [0.2, 0.25) is 0 Å². The zero-order valence-corrected chi connectivity index (χ0v) is 21.2. The van der Waals surface area contributed by atoms with Gasteiger partial charge in [-0.05, 0) is 85.8 Å². The summed E-state index contributed by atoms with van der Waals surface area (Å²) >= 11 is 0. The zero-order chi connectivity index (χ0) is 27.6. The zero-order valence-electron chi connectivity index (χ0n) is 21.2. The van der Waals surface area contributed by atoms with Crippen LogP contribution in [0.15, 0.2) is 78.9 Å². The third-order valence-electron chi connectivity index (χ3n) is 6.60. The number of carbonyl (C=O) groups is 1. The van der Waals surface area contributed by atoms with Gasteiger partial charge in [0, 0.05) is 5.69 Å². The van der Waals surface area contributed by atoms with E-state index in [-0.39, 0.29) is 0 Å². The van der Waals surface area contributed by atoms with E-state index in [2.05, 4.69) is 20.6 Å². The normalized spacial score (nSPS) is 14.0. The summed E-state index contributed by atoms with van der Waals surface area (Å²) in [6, 6.07) is 20.5. The highest BCUT2D eigenvalue weighted by atomic mass is 19.4. The van der Waals surface area contributed by atoms with Gasteiger partial charge in [0.1, 0.15) is 5.69 Å². The molecule has 6 nitrogen and oxygen atoms in total. The standard InChI is InChI=1S/C30H26F3N5O/c1-19-14-27(38(37-19)26-11-5-9-24(17-26)34-2)29(39)36-25-10-4-7-22(16-25)28(35-18-20-12-13-20)21-6-3-8-23(15-21)30(31,32)33/h3-11,14-17,20,28,35H,12-13,18H2,1H3,(H,36,39). The predicted octanol–water partition coefficient (Wildman–Crippen LogP) is 7.09. The van der Waals surface area contributed by atoms with E-state index >= 15 is 0 Å². The molecule has 1 aliphatic rings. The molecule has 1 heterocycles. The molecule has 39 heavy (non-hydrogen) atoms. The number of benzene rings is 3. The van der Waals surface area contributed by atoms with Crippen LogP contribution in [0.4, 0.5) is 24.5 Å². The predicted molar refractivity (Wildman–Crippen MR) is 143 cm³/mol. The van der Waals surface area contributed by atoms with Gasteiger partial charge in [0.25, 0.3) is 5.91 Å². The molecule has 1 saturated carbocycles. The lowest BCUT2D eigenvalue weighted by molar-refractivity contribution is -0.137. The monoisotopic (exact) mass is 529 g/mol. The molecule has 1 aromatic heterocycles. The summed E-state index contributed by atoms with van der Waals surface area (Å²) in [7, 11) is 0. The molecule has 198 valence electrons. The van der Waals surface area contributed by atoms with Crippen LogP contribution in [-0.2, 0) is 6.18 Å². The van der Waals surface area contributed by atoms with Crippen molar-refractivity contribution in [1.29, 1.82) is 0 Å². The van der Waals surface area contributed by atoms with Crippen LogP contribution in [0.1, 0.15) is 51.8 Å². The van der Waals surface area contributed by atoms with Gasteiger partial charge in [0.2, 0.25) is 0 Å². The molecule has 5 rings (SSSR count). The largest absolute Gasteiger partial charge is 0.416 e. The average molecular weight is 530 g/mol. The number of aromatic nitrogens is 2. The van der Waals surface area contributed by atoms with Gasteiger partial charge in [-0.2, -0.15) is 18.3 Å². The van der Waals surface area contributed by atoms with Crippen molar-refractivity contribution in [3.05, 3.63) is 118 Å². The lowest BCUT2D eigenvalue weighted by atomic mass is 9.96. The molecule has 9 heteroatoms. The van der Waals surface area contributed by atoms with Gasteiger partial charge in [0.05, 0.1) is 29.6 Å². The molecule has 1 aliphatic carbocycles. The number of alkyl halides is 3. The molecule has 1 unspecified atom stereocenters. The fraction of sp³-hybridized carbons (Fsp3) is 0.233. The maximum atomic E-state index is 13.4. The van der Waals surface area contributed by atoms with E-state index in [1.165, 1.54) is 16.8 Å². The number of rotatable bonds is 8. The van der Waals surface area contributed by atoms with Crippen LogP contribution in [0.5, 0.6) is 0 Å². The maximum Gasteiger partial charge on any atom is 0.416 e. The van der Waals surface area contributed by atoms with Gasteiger partial charge < -0.3 is 10.6 Å². The van der Waals surface area contributed by atoms with Crippen LogP contribution in [0.25, 0.3) is 10.5 Å². The SMILES string of the molecule is [C-]#[N+]c1cccc(-n2nc(C)cc2C(=O)Nc2cccc(C(NCC3CC3)c3cccc(C(F)(F)F)c3)c2)c1. The first-order valence-corrected chi connectivity index (χ1v) is 12.6. The number of amides is 1. The minimum Gasteiger partial charge on any atom is -0.321 e. The van der Waals surface area contributed by atoms with Crippen molar-refractivity contribution in [3.63, 3.8) is 0 Å². The van der Waals surface area contributed by atoms with Gasteiger partial charge in [-0.25, -0.2) is 9.53 Å². The number of nitrogens with zero attached hydrogens (tertiary/aromatic N) is 3. The molecule has 0 bridgehead atoms. The van der Waals surface area contributed by atoms with Gasteiger partial charge in [-0.15, -0.1) is 0 Å². The highest BCUT2D eigenvalue weighted by molar-refractivity contribution is 6.03. The Hall–Kier alpha value is -4.42. The Balaban J connectivity index is 1.43. The molecule has 2 N–H and O–H groups in total. The highest BCUT2D eigenvalue weighted by Crippen LogP contribution is 2.34. The van der Waals surface area contributed by atoms with E-state index in [0.717, 1.165) is 24.5 Å². The summed E-state index contributed by atoms with van der Waals surface area (Å²) in [6.45, 7) is 9.74. The lowest BCUT2D eigenvalue weighted by Crippen LogP contribution is -2.25. The van der Waals surface area contributed by atoms with E-state index in [4.69, 9.17) is 6.57 Å². The van der Waals surface area contributed by atoms with Crippen LogP contribution in [0.3, 0.4) is 0 Å². The number of carbonyl (C=O) groups excluding carboxylic acids is 1. The Morgan fingerprint density at radius 3 is 2.49 bits per heavy atom. The van der Waals surface area contributed by atoms with E-state index in [1.54, 1.807) is 61.5 Å². The Bertz CT molecular complexity index is 1550. The Morgan fingerprint density at radius 2 is 1.77 bits per heavy atom. The molecular weight excluding hydrogens is 503 g/mol. The minimum absolute atomic E-state index is 0.293. The molecule has 4 aromatic rings. The molecule has 0 saturated heterocycles. The second kappa shape index (κ2) is 10.8. The van der Waals surface area contributed by atoms with Gasteiger partial charge in [0.15, 0.2) is 5.69 Å². The number of hydrogen-bond donors (Lipinski definition) is 2. The first-order valence-electron chi connectivity index (χ1n) is 12.6. The maximum absolute atomic E-state index is 13.4. The second-order valence-corrected chi connectivity index (χ2v) is 9.70. The van der Waals surface area contributed by atoms with Gasteiger partial charge in [-0.3, -0.25) is 4.79 Å². The van der Waals surface area contributed by atoms with Crippen molar-refractivity contribution in [1.82, 2.24) is 15.1 Å². The van der Waals surface area contributed by atoms with Crippen molar-refractivity contribution >= 4 is 17.3 Å². The smallest absolute Gasteiger partial charge is 0.321 e. The van der Waals surface area contributed by atoms with Crippen LogP contribution < -0.4 is 10.6 Å². The van der Waals surface area contributed by atoms with Crippen molar-refractivity contribution in [2.24, 2.45) is 5.92 Å². The van der Waals surface area contributed by atoms with Crippen molar-refractivity contribution in [2.45, 2.75) is 32.0 Å². The van der Waals surface area contributed by atoms with Crippen molar-refractivity contribution in [2.75, 3.05) is 11.9 Å². The molecule has 3 aromatic carbocycles. The summed E-state index contributed by atoms with van der Waals surface area (Å²) in [5, 5.41) is 10.8. The van der Waals surface area contributed by atoms with Crippen LogP contribution in [-0.4, -0.2) is 22.2 Å². The number of nitrogens with one attached hydrogen (secondary N) is 2. The molecule has 1 fully saturated rings. The fourth-order valence-corrected chi connectivity index (χ4v) is 4.47. The molecular formula is C30H26F3N5O. The van der Waals surface area contributed by atoms with E-state index in [0.29, 0.717) is 46.5 Å². The first kappa shape index (κ1) is 26.2.